The minimum Gasteiger partial charge on any atom is -0.325 e. The van der Waals surface area contributed by atoms with E-state index in [0.717, 1.165) is 29.1 Å². The molecule has 146 valence electrons. The summed E-state index contributed by atoms with van der Waals surface area (Å²) in [5.41, 5.74) is 4.98. The third-order valence-electron chi connectivity index (χ3n) is 4.46. The van der Waals surface area contributed by atoms with Crippen molar-refractivity contribution in [2.24, 2.45) is 0 Å². The van der Waals surface area contributed by atoms with Crippen LogP contribution >= 0.6 is 11.8 Å². The molecule has 0 atom stereocenters. The van der Waals surface area contributed by atoms with Crippen LogP contribution < -0.4 is 5.32 Å². The number of fused-ring (bicyclic) bond motifs is 1. The van der Waals surface area contributed by atoms with Gasteiger partial charge >= 0.3 is 0 Å². The molecule has 0 fully saturated rings. The van der Waals surface area contributed by atoms with Crippen molar-refractivity contribution in [3.63, 3.8) is 0 Å². The Labute approximate surface area is 173 Å². The fourth-order valence-corrected chi connectivity index (χ4v) is 3.76. The van der Waals surface area contributed by atoms with Crippen LogP contribution in [-0.2, 0) is 11.2 Å². The first-order chi connectivity index (χ1) is 14.1. The van der Waals surface area contributed by atoms with Gasteiger partial charge in [0.25, 0.3) is 5.78 Å². The summed E-state index contributed by atoms with van der Waals surface area (Å²) in [4.78, 5) is 21.3. The van der Waals surface area contributed by atoms with Gasteiger partial charge in [-0.1, -0.05) is 60.3 Å². The van der Waals surface area contributed by atoms with E-state index in [1.807, 2.05) is 62.4 Å². The number of para-hydroxylation sites is 1. The number of aryl methyl sites for hydroxylation is 2. The van der Waals surface area contributed by atoms with Crippen LogP contribution in [0.15, 0.2) is 65.8 Å². The third kappa shape index (κ3) is 4.63. The molecule has 1 amide bonds. The van der Waals surface area contributed by atoms with Crippen molar-refractivity contribution in [1.29, 1.82) is 0 Å². The number of amides is 1. The molecule has 2 aromatic heterocycles. The van der Waals surface area contributed by atoms with E-state index in [1.165, 1.54) is 17.3 Å². The number of nitrogens with zero attached hydrogens (tertiary/aromatic N) is 4. The summed E-state index contributed by atoms with van der Waals surface area (Å²) < 4.78 is 1.70. The van der Waals surface area contributed by atoms with E-state index in [9.17, 15) is 4.79 Å². The van der Waals surface area contributed by atoms with E-state index >= 15 is 0 Å². The van der Waals surface area contributed by atoms with Gasteiger partial charge in [0, 0.05) is 17.1 Å². The molecule has 0 unspecified atom stereocenters. The molecule has 2 aromatic carbocycles. The minimum atomic E-state index is -0.0878. The molecule has 6 nitrogen and oxygen atoms in total. The number of aromatic nitrogens is 4. The molecule has 0 aliphatic carbocycles. The largest absolute Gasteiger partial charge is 0.325 e. The van der Waals surface area contributed by atoms with Gasteiger partial charge in [-0.15, -0.1) is 5.10 Å². The topological polar surface area (TPSA) is 72.2 Å². The Hall–Kier alpha value is -3.19. The highest BCUT2D eigenvalue weighted by Crippen LogP contribution is 2.20. The van der Waals surface area contributed by atoms with E-state index in [4.69, 9.17) is 0 Å². The van der Waals surface area contributed by atoms with Gasteiger partial charge in [0.15, 0.2) is 0 Å². The summed E-state index contributed by atoms with van der Waals surface area (Å²) in [6.45, 7) is 3.88. The minimum absolute atomic E-state index is 0.0878. The highest BCUT2D eigenvalue weighted by Gasteiger charge is 2.12. The maximum absolute atomic E-state index is 12.5. The maximum Gasteiger partial charge on any atom is 0.253 e. The lowest BCUT2D eigenvalue weighted by atomic mass is 10.0. The summed E-state index contributed by atoms with van der Waals surface area (Å²) >= 11 is 1.30. The molecule has 4 aromatic rings. The zero-order valence-electron chi connectivity index (χ0n) is 16.3. The van der Waals surface area contributed by atoms with Gasteiger partial charge in [-0.3, -0.25) is 4.79 Å². The first kappa shape index (κ1) is 19.1. The van der Waals surface area contributed by atoms with Crippen molar-refractivity contribution < 1.29 is 4.79 Å². The van der Waals surface area contributed by atoms with Gasteiger partial charge in [-0.05, 0) is 43.5 Å². The first-order valence-corrected chi connectivity index (χ1v) is 10.3. The Morgan fingerprint density at radius 1 is 1.03 bits per heavy atom. The zero-order valence-corrected chi connectivity index (χ0v) is 17.1. The molecule has 2 heterocycles. The number of hydrogen-bond acceptors (Lipinski definition) is 5. The van der Waals surface area contributed by atoms with Crippen molar-refractivity contribution in [2.75, 3.05) is 11.1 Å². The SMILES string of the molecule is Cc1cc(C)n2nc(SCC(=O)Nc3ccccc3Cc3ccccc3)nc2n1. The van der Waals surface area contributed by atoms with Crippen molar-refractivity contribution in [3.05, 3.63) is 83.2 Å². The number of thioether (sulfide) groups is 1. The second-order valence-electron chi connectivity index (χ2n) is 6.80. The Morgan fingerprint density at radius 2 is 1.79 bits per heavy atom. The lowest BCUT2D eigenvalue weighted by Gasteiger charge is -2.11. The van der Waals surface area contributed by atoms with Gasteiger partial charge in [0.05, 0.1) is 5.75 Å². The molecule has 1 N–H and O–H groups in total. The Bertz CT molecular complexity index is 1160. The summed E-state index contributed by atoms with van der Waals surface area (Å²) in [6.07, 6.45) is 0.767. The second-order valence-corrected chi connectivity index (χ2v) is 7.74. The molecular weight excluding hydrogens is 382 g/mol. The zero-order chi connectivity index (χ0) is 20.2. The van der Waals surface area contributed by atoms with Gasteiger partial charge in [0.1, 0.15) is 0 Å². The summed E-state index contributed by atoms with van der Waals surface area (Å²) in [6, 6.07) is 20.0. The molecule has 0 radical (unpaired) electrons. The molecule has 0 bridgehead atoms. The van der Waals surface area contributed by atoms with E-state index in [0.29, 0.717) is 10.9 Å². The van der Waals surface area contributed by atoms with E-state index in [1.54, 1.807) is 4.52 Å². The molecule has 0 saturated heterocycles. The molecular formula is C22H21N5OS. The monoisotopic (exact) mass is 403 g/mol. The molecule has 0 saturated carbocycles. The quantitative estimate of drug-likeness (QED) is 0.492. The van der Waals surface area contributed by atoms with Crippen LogP contribution in [0.2, 0.25) is 0 Å². The summed E-state index contributed by atoms with van der Waals surface area (Å²) in [5.74, 6) is 0.697. The van der Waals surface area contributed by atoms with Crippen LogP contribution in [0.4, 0.5) is 5.69 Å². The lowest BCUT2D eigenvalue weighted by Crippen LogP contribution is -2.15. The van der Waals surface area contributed by atoms with Gasteiger partial charge < -0.3 is 5.32 Å². The molecule has 0 aliphatic rings. The molecule has 0 aliphatic heterocycles. The first-order valence-electron chi connectivity index (χ1n) is 9.34. The lowest BCUT2D eigenvalue weighted by molar-refractivity contribution is -0.113. The fourth-order valence-electron chi connectivity index (χ4n) is 3.14. The number of hydrogen-bond donors (Lipinski definition) is 1. The standard InChI is InChI=1S/C22H21N5OS/c1-15-12-16(2)27-21(23-15)25-22(26-27)29-14-20(28)24-19-11-7-6-10-18(19)13-17-8-4-3-5-9-17/h3-12H,13-14H2,1-2H3,(H,24,28). The highest BCUT2D eigenvalue weighted by molar-refractivity contribution is 7.99. The molecule has 4 rings (SSSR count). The average molecular weight is 404 g/mol. The number of rotatable bonds is 6. The van der Waals surface area contributed by atoms with Gasteiger partial charge in [-0.25, -0.2) is 9.50 Å². The van der Waals surface area contributed by atoms with Crippen molar-refractivity contribution in [2.45, 2.75) is 25.4 Å². The molecule has 7 heteroatoms. The Kier molecular flexibility index (Phi) is 5.57. The third-order valence-corrected chi connectivity index (χ3v) is 5.30. The van der Waals surface area contributed by atoms with Crippen molar-refractivity contribution >= 4 is 29.1 Å². The maximum atomic E-state index is 12.5. The number of carbonyl (C=O) groups excluding carboxylic acids is 1. The summed E-state index contributed by atoms with van der Waals surface area (Å²) in [7, 11) is 0. The van der Waals surface area contributed by atoms with E-state index in [-0.39, 0.29) is 11.7 Å². The van der Waals surface area contributed by atoms with Crippen LogP contribution in [-0.4, -0.2) is 31.2 Å². The number of benzene rings is 2. The normalized spacial score (nSPS) is 11.0. The van der Waals surface area contributed by atoms with Gasteiger partial charge in [0.2, 0.25) is 11.1 Å². The van der Waals surface area contributed by atoms with Crippen molar-refractivity contribution in [3.8, 4) is 0 Å². The molecule has 0 spiro atoms. The summed E-state index contributed by atoms with van der Waals surface area (Å²) in [5, 5.41) is 7.99. The fraction of sp³-hybridized carbons (Fsp3) is 0.182. The number of anilines is 1. The number of carbonyl (C=O) groups is 1. The van der Waals surface area contributed by atoms with Crippen LogP contribution in [0.5, 0.6) is 0 Å². The van der Waals surface area contributed by atoms with E-state index < -0.39 is 0 Å². The van der Waals surface area contributed by atoms with Crippen LogP contribution in [0.25, 0.3) is 5.78 Å². The second kappa shape index (κ2) is 8.45. The number of nitrogens with one attached hydrogen (secondary N) is 1. The average Bonchev–Trinajstić information content (AvgIpc) is 3.12. The smallest absolute Gasteiger partial charge is 0.253 e. The Balaban J connectivity index is 1.42. The molecule has 29 heavy (non-hydrogen) atoms. The van der Waals surface area contributed by atoms with Gasteiger partial charge in [-0.2, -0.15) is 4.98 Å². The van der Waals surface area contributed by atoms with Crippen LogP contribution in [0.3, 0.4) is 0 Å². The van der Waals surface area contributed by atoms with E-state index in [2.05, 4.69) is 32.5 Å². The predicted molar refractivity (Wildman–Crippen MR) is 115 cm³/mol. The van der Waals surface area contributed by atoms with Crippen LogP contribution in [0.1, 0.15) is 22.5 Å². The van der Waals surface area contributed by atoms with Crippen LogP contribution in [0, 0.1) is 13.8 Å². The predicted octanol–water partition coefficient (Wildman–Crippen LogP) is 4.06. The Morgan fingerprint density at radius 3 is 2.62 bits per heavy atom. The van der Waals surface area contributed by atoms with Crippen molar-refractivity contribution in [1.82, 2.24) is 19.6 Å². The highest BCUT2D eigenvalue weighted by atomic mass is 32.2.